The molecule has 0 fully saturated rings. The number of rotatable bonds is 7. The molecule has 0 radical (unpaired) electrons. The molecule has 9 nitrogen and oxygen atoms in total. The molecular weight excluding hydrogens is 408 g/mol. The number of nitrogens with zero attached hydrogens (tertiary/aromatic N) is 2. The van der Waals surface area contributed by atoms with Crippen LogP contribution in [0.25, 0.3) is 0 Å². The zero-order valence-corrected chi connectivity index (χ0v) is 17.1. The van der Waals surface area contributed by atoms with Crippen molar-refractivity contribution in [2.24, 2.45) is 10.2 Å². The van der Waals surface area contributed by atoms with Crippen LogP contribution < -0.4 is 15.5 Å². The van der Waals surface area contributed by atoms with Gasteiger partial charge in [-0.15, -0.1) is 0 Å². The van der Waals surface area contributed by atoms with Gasteiger partial charge in [0.2, 0.25) is 15.9 Å². The van der Waals surface area contributed by atoms with Gasteiger partial charge in [0.15, 0.2) is 0 Å². The average Bonchev–Trinajstić information content (AvgIpc) is 3.14. The van der Waals surface area contributed by atoms with Gasteiger partial charge in [0.05, 0.1) is 18.0 Å². The first-order valence-corrected chi connectivity index (χ1v) is 11.0. The number of primary sulfonamides is 1. The number of esters is 1. The summed E-state index contributed by atoms with van der Waals surface area (Å²) in [5.74, 6) is -1.30. The van der Waals surface area contributed by atoms with E-state index in [1.807, 2.05) is 6.07 Å². The van der Waals surface area contributed by atoms with Gasteiger partial charge in [-0.3, -0.25) is 9.80 Å². The zero-order valence-electron chi connectivity index (χ0n) is 16.3. The van der Waals surface area contributed by atoms with E-state index in [9.17, 15) is 18.0 Å². The highest BCUT2D eigenvalue weighted by Crippen LogP contribution is 2.26. The monoisotopic (exact) mass is 430 g/mol. The van der Waals surface area contributed by atoms with E-state index in [0.29, 0.717) is 16.9 Å². The van der Waals surface area contributed by atoms with Gasteiger partial charge in [0.1, 0.15) is 11.8 Å². The summed E-state index contributed by atoms with van der Waals surface area (Å²) in [6, 6.07) is 14.6. The zero-order chi connectivity index (χ0) is 21.7. The quantitative estimate of drug-likeness (QED) is 0.642. The average molecular weight is 430 g/mol. The predicted octanol–water partition coefficient (Wildman–Crippen LogP) is 1.61. The molecule has 1 aliphatic rings. The first-order chi connectivity index (χ1) is 14.3. The summed E-state index contributed by atoms with van der Waals surface area (Å²) in [5.41, 5.74) is 1.67. The summed E-state index contributed by atoms with van der Waals surface area (Å²) in [7, 11) is -3.70. The van der Waals surface area contributed by atoms with Crippen molar-refractivity contribution in [3.63, 3.8) is 0 Å². The number of carbonyl (C=O) groups is 2. The van der Waals surface area contributed by atoms with Crippen molar-refractivity contribution >= 4 is 39.0 Å². The van der Waals surface area contributed by atoms with Crippen LogP contribution in [0.4, 0.5) is 11.4 Å². The van der Waals surface area contributed by atoms with Gasteiger partial charge < -0.3 is 10.1 Å². The van der Waals surface area contributed by atoms with Crippen molar-refractivity contribution < 1.29 is 22.7 Å². The Hall–Kier alpha value is -3.24. The van der Waals surface area contributed by atoms with Gasteiger partial charge in [0.25, 0.3) is 0 Å². The second-order valence-corrected chi connectivity index (χ2v) is 8.28. The topological polar surface area (TPSA) is 131 Å². The van der Waals surface area contributed by atoms with Gasteiger partial charge in [0, 0.05) is 12.1 Å². The van der Waals surface area contributed by atoms with Crippen LogP contribution in [0.2, 0.25) is 0 Å². The first-order valence-electron chi connectivity index (χ1n) is 9.26. The molecule has 1 unspecified atom stereocenters. The lowest BCUT2D eigenvalue weighted by molar-refractivity contribution is -0.135. The maximum absolute atomic E-state index is 13.0. The summed E-state index contributed by atoms with van der Waals surface area (Å²) in [6.07, 6.45) is 0.0798. The maximum Gasteiger partial charge on any atom is 0.354 e. The van der Waals surface area contributed by atoms with E-state index in [1.54, 1.807) is 49.4 Å². The molecule has 0 spiro atoms. The highest BCUT2D eigenvalue weighted by Gasteiger charge is 2.36. The minimum absolute atomic E-state index is 0.0798. The second-order valence-electron chi connectivity index (χ2n) is 6.66. The molecular formula is C20H22N4O5S. The molecule has 2 aromatic carbocycles. The molecule has 0 saturated carbocycles. The molecule has 0 aromatic heterocycles. The number of benzene rings is 2. The maximum atomic E-state index is 13.0. The highest BCUT2D eigenvalue weighted by atomic mass is 32.2. The largest absolute Gasteiger partial charge is 0.461 e. The molecule has 1 amide bonds. The number of nitrogens with two attached hydrogens (primary N) is 1. The van der Waals surface area contributed by atoms with E-state index in [-0.39, 0.29) is 24.5 Å². The van der Waals surface area contributed by atoms with Gasteiger partial charge in [-0.2, -0.15) is 5.10 Å². The Morgan fingerprint density at radius 1 is 1.20 bits per heavy atom. The molecule has 1 heterocycles. The minimum atomic E-state index is -3.70. The number of hydrazone groups is 1. The van der Waals surface area contributed by atoms with Crippen LogP contribution in [-0.2, 0) is 30.1 Å². The minimum Gasteiger partial charge on any atom is -0.461 e. The van der Waals surface area contributed by atoms with Crippen LogP contribution in [0.3, 0.4) is 0 Å². The number of sulfonamides is 1. The molecule has 3 rings (SSSR count). The SMILES string of the molecule is CCOC(=O)C1=NN(c2ccccc2)C(C(=O)Nc2cccc(CS(N)(=O)=O)c2)C1. The number of nitrogens with one attached hydrogen (secondary N) is 1. The molecule has 0 saturated heterocycles. The van der Waals surface area contributed by atoms with Crippen LogP contribution in [0.5, 0.6) is 0 Å². The Balaban J connectivity index is 1.82. The lowest BCUT2D eigenvalue weighted by Gasteiger charge is -2.22. The summed E-state index contributed by atoms with van der Waals surface area (Å²) < 4.78 is 27.7. The number of carbonyl (C=O) groups excluding carboxylic acids is 2. The van der Waals surface area contributed by atoms with E-state index >= 15 is 0 Å². The molecule has 10 heteroatoms. The smallest absolute Gasteiger partial charge is 0.354 e. The third-order valence-electron chi connectivity index (χ3n) is 4.31. The third kappa shape index (κ3) is 5.43. The van der Waals surface area contributed by atoms with Gasteiger partial charge in [-0.25, -0.2) is 18.4 Å². The Morgan fingerprint density at radius 3 is 2.60 bits per heavy atom. The predicted molar refractivity (Wildman–Crippen MR) is 113 cm³/mol. The summed E-state index contributed by atoms with van der Waals surface area (Å²) in [4.78, 5) is 25.1. The van der Waals surface area contributed by atoms with Crippen molar-refractivity contribution in [2.75, 3.05) is 16.9 Å². The van der Waals surface area contributed by atoms with Crippen molar-refractivity contribution in [1.29, 1.82) is 0 Å². The number of anilines is 2. The van der Waals surface area contributed by atoms with E-state index in [0.717, 1.165) is 0 Å². The van der Waals surface area contributed by atoms with E-state index in [4.69, 9.17) is 9.88 Å². The van der Waals surface area contributed by atoms with Crippen molar-refractivity contribution in [3.8, 4) is 0 Å². The lowest BCUT2D eigenvalue weighted by Crippen LogP contribution is -2.38. The Bertz CT molecular complexity index is 1070. The summed E-state index contributed by atoms with van der Waals surface area (Å²) in [5, 5.41) is 13.6. The normalized spacial score (nSPS) is 16.1. The van der Waals surface area contributed by atoms with E-state index in [2.05, 4.69) is 10.4 Å². The van der Waals surface area contributed by atoms with E-state index in [1.165, 1.54) is 11.1 Å². The molecule has 0 bridgehead atoms. The number of hydrogen-bond acceptors (Lipinski definition) is 7. The van der Waals surface area contributed by atoms with Crippen molar-refractivity contribution in [1.82, 2.24) is 0 Å². The molecule has 30 heavy (non-hydrogen) atoms. The number of hydrogen-bond donors (Lipinski definition) is 2. The Morgan fingerprint density at radius 2 is 1.93 bits per heavy atom. The van der Waals surface area contributed by atoms with Crippen LogP contribution in [0, 0.1) is 0 Å². The fourth-order valence-corrected chi connectivity index (χ4v) is 3.71. The second kappa shape index (κ2) is 9.06. The first kappa shape index (κ1) is 21.5. The Labute approximate surface area is 174 Å². The highest BCUT2D eigenvalue weighted by molar-refractivity contribution is 7.88. The molecule has 0 aliphatic carbocycles. The van der Waals surface area contributed by atoms with Crippen LogP contribution >= 0.6 is 0 Å². The summed E-state index contributed by atoms with van der Waals surface area (Å²) in [6.45, 7) is 1.90. The van der Waals surface area contributed by atoms with E-state index < -0.39 is 27.9 Å². The van der Waals surface area contributed by atoms with Crippen LogP contribution in [0.15, 0.2) is 59.7 Å². The van der Waals surface area contributed by atoms with Gasteiger partial charge >= 0.3 is 5.97 Å². The standard InChI is InChI=1S/C20H22N4O5S/c1-2-29-20(26)17-12-18(24(23-17)16-9-4-3-5-10-16)19(25)22-15-8-6-7-14(11-15)13-30(21,27)28/h3-11,18H,2,12-13H2,1H3,(H,22,25)(H2,21,27,28). The van der Waals surface area contributed by atoms with Gasteiger partial charge in [-0.1, -0.05) is 30.3 Å². The molecule has 158 valence electrons. The molecule has 2 aromatic rings. The van der Waals surface area contributed by atoms with Crippen molar-refractivity contribution in [2.45, 2.75) is 25.1 Å². The fourth-order valence-electron chi connectivity index (χ4n) is 3.07. The Kier molecular flexibility index (Phi) is 6.48. The van der Waals surface area contributed by atoms with Gasteiger partial charge in [-0.05, 0) is 36.8 Å². The third-order valence-corrected chi connectivity index (χ3v) is 5.04. The molecule has 1 aliphatic heterocycles. The fraction of sp³-hybridized carbons (Fsp3) is 0.250. The van der Waals surface area contributed by atoms with Crippen molar-refractivity contribution in [3.05, 3.63) is 60.2 Å². The van der Waals surface area contributed by atoms with Crippen LogP contribution in [0.1, 0.15) is 18.9 Å². The number of ether oxygens (including phenoxy) is 1. The number of amides is 1. The molecule has 3 N–H and O–H groups in total. The molecule has 1 atom stereocenters. The van der Waals surface area contributed by atoms with Crippen LogP contribution in [-0.4, -0.2) is 38.7 Å². The number of para-hydroxylation sites is 1. The lowest BCUT2D eigenvalue weighted by atomic mass is 10.1. The summed E-state index contributed by atoms with van der Waals surface area (Å²) >= 11 is 0.